The zero-order valence-corrected chi connectivity index (χ0v) is 9.85. The highest BCUT2D eigenvalue weighted by Gasteiger charge is 2.33. The maximum atomic E-state index is 11.9. The third-order valence-electron chi connectivity index (χ3n) is 3.03. The van der Waals surface area contributed by atoms with E-state index in [9.17, 15) is 9.59 Å². The molecule has 0 bridgehead atoms. The molecule has 0 saturated carbocycles. The molecule has 0 radical (unpaired) electrons. The molecule has 4 nitrogen and oxygen atoms in total. The smallest absolute Gasteiger partial charge is 0.247 e. The third-order valence-corrected chi connectivity index (χ3v) is 3.03. The molecule has 0 spiro atoms. The molecule has 90 valence electrons. The van der Waals surface area contributed by atoms with Crippen molar-refractivity contribution in [3.8, 4) is 0 Å². The van der Waals surface area contributed by atoms with Gasteiger partial charge in [-0.3, -0.25) is 9.59 Å². The lowest BCUT2D eigenvalue weighted by Crippen LogP contribution is -2.39. The van der Waals surface area contributed by atoms with Crippen molar-refractivity contribution in [3.05, 3.63) is 35.9 Å². The SMILES string of the molecule is CNC(=O)C(c1ccccc1)N1CCCC1=O. The van der Waals surface area contributed by atoms with Gasteiger partial charge < -0.3 is 10.2 Å². The van der Waals surface area contributed by atoms with Gasteiger partial charge in [-0.15, -0.1) is 0 Å². The van der Waals surface area contributed by atoms with Gasteiger partial charge in [0.2, 0.25) is 11.8 Å². The predicted octanol–water partition coefficient (Wildman–Crippen LogP) is 1.10. The van der Waals surface area contributed by atoms with E-state index in [1.165, 1.54) is 0 Å². The molecule has 17 heavy (non-hydrogen) atoms. The third kappa shape index (κ3) is 2.30. The molecule has 1 aromatic rings. The summed E-state index contributed by atoms with van der Waals surface area (Å²) >= 11 is 0. The van der Waals surface area contributed by atoms with Gasteiger partial charge in [-0.1, -0.05) is 30.3 Å². The van der Waals surface area contributed by atoms with Crippen molar-refractivity contribution >= 4 is 11.8 Å². The minimum atomic E-state index is -0.490. The summed E-state index contributed by atoms with van der Waals surface area (Å²) in [6.45, 7) is 0.659. The first kappa shape index (κ1) is 11.6. The van der Waals surface area contributed by atoms with Crippen molar-refractivity contribution in [1.82, 2.24) is 10.2 Å². The van der Waals surface area contributed by atoms with Crippen molar-refractivity contribution in [2.24, 2.45) is 0 Å². The minimum Gasteiger partial charge on any atom is -0.357 e. The van der Waals surface area contributed by atoms with Crippen LogP contribution in [0.5, 0.6) is 0 Å². The van der Waals surface area contributed by atoms with E-state index in [-0.39, 0.29) is 11.8 Å². The second-order valence-electron chi connectivity index (χ2n) is 4.12. The Kier molecular flexibility index (Phi) is 3.42. The number of hydrogen-bond donors (Lipinski definition) is 1. The Balaban J connectivity index is 2.32. The molecule has 1 unspecified atom stereocenters. The van der Waals surface area contributed by atoms with Crippen LogP contribution in [-0.4, -0.2) is 30.3 Å². The predicted molar refractivity (Wildman–Crippen MR) is 64.2 cm³/mol. The zero-order valence-electron chi connectivity index (χ0n) is 9.85. The Hall–Kier alpha value is -1.84. The van der Waals surface area contributed by atoms with Gasteiger partial charge in [0.15, 0.2) is 0 Å². The molecule has 1 heterocycles. The number of hydrogen-bond acceptors (Lipinski definition) is 2. The van der Waals surface area contributed by atoms with Crippen molar-refractivity contribution in [2.75, 3.05) is 13.6 Å². The molecule has 0 aromatic heterocycles. The van der Waals surface area contributed by atoms with Crippen LogP contribution >= 0.6 is 0 Å². The largest absolute Gasteiger partial charge is 0.357 e. The summed E-state index contributed by atoms with van der Waals surface area (Å²) in [4.78, 5) is 25.4. The number of nitrogens with zero attached hydrogens (tertiary/aromatic N) is 1. The molecule has 2 rings (SSSR count). The number of carbonyl (C=O) groups is 2. The highest BCUT2D eigenvalue weighted by molar-refractivity contribution is 5.89. The van der Waals surface area contributed by atoms with Crippen molar-refractivity contribution in [3.63, 3.8) is 0 Å². The fraction of sp³-hybridized carbons (Fsp3) is 0.385. The van der Waals surface area contributed by atoms with Crippen LogP contribution in [0.25, 0.3) is 0 Å². The second-order valence-corrected chi connectivity index (χ2v) is 4.12. The Labute approximate surface area is 101 Å². The molecule has 2 amide bonds. The average Bonchev–Trinajstić information content (AvgIpc) is 2.77. The molecule has 1 atom stereocenters. The van der Waals surface area contributed by atoms with Gasteiger partial charge in [0, 0.05) is 20.0 Å². The number of likely N-dealkylation sites (tertiary alicyclic amines) is 1. The molecule has 0 aliphatic carbocycles. The van der Waals surface area contributed by atoms with E-state index in [1.54, 1.807) is 11.9 Å². The van der Waals surface area contributed by atoms with Gasteiger partial charge >= 0.3 is 0 Å². The number of nitrogens with one attached hydrogen (secondary N) is 1. The lowest BCUT2D eigenvalue weighted by atomic mass is 10.0. The molecule has 1 aliphatic rings. The molecule has 1 N–H and O–H groups in total. The Morgan fingerprint density at radius 2 is 2.06 bits per heavy atom. The molecule has 1 aromatic carbocycles. The molecular formula is C13H16N2O2. The van der Waals surface area contributed by atoms with Crippen LogP contribution in [0.1, 0.15) is 24.4 Å². The quantitative estimate of drug-likeness (QED) is 0.848. The van der Waals surface area contributed by atoms with Crippen LogP contribution in [0.4, 0.5) is 0 Å². The maximum Gasteiger partial charge on any atom is 0.247 e. The van der Waals surface area contributed by atoms with E-state index < -0.39 is 6.04 Å². The second kappa shape index (κ2) is 4.99. The summed E-state index contributed by atoms with van der Waals surface area (Å²) in [6.07, 6.45) is 1.37. The first-order valence-electron chi connectivity index (χ1n) is 5.80. The summed E-state index contributed by atoms with van der Waals surface area (Å²) in [5.74, 6) is -0.0751. The molecule has 1 aliphatic heterocycles. The van der Waals surface area contributed by atoms with Crippen molar-refractivity contribution < 1.29 is 9.59 Å². The first-order chi connectivity index (χ1) is 8.24. The van der Waals surface area contributed by atoms with Crippen LogP contribution in [0.3, 0.4) is 0 Å². The monoisotopic (exact) mass is 232 g/mol. The molecule has 1 saturated heterocycles. The number of carbonyl (C=O) groups excluding carboxylic acids is 2. The van der Waals surface area contributed by atoms with Crippen LogP contribution in [0, 0.1) is 0 Å². The Morgan fingerprint density at radius 1 is 1.35 bits per heavy atom. The van der Waals surface area contributed by atoms with Crippen LogP contribution < -0.4 is 5.32 Å². The van der Waals surface area contributed by atoms with Gasteiger partial charge in [0.05, 0.1) is 0 Å². The van der Waals surface area contributed by atoms with Crippen LogP contribution in [0.2, 0.25) is 0 Å². The number of rotatable bonds is 3. The van der Waals surface area contributed by atoms with E-state index >= 15 is 0 Å². The first-order valence-corrected chi connectivity index (χ1v) is 5.80. The minimum absolute atomic E-state index is 0.0578. The normalized spacial score (nSPS) is 17.0. The lowest BCUT2D eigenvalue weighted by molar-refractivity contribution is -0.137. The fourth-order valence-electron chi connectivity index (χ4n) is 2.19. The maximum absolute atomic E-state index is 11.9. The zero-order chi connectivity index (χ0) is 12.3. The van der Waals surface area contributed by atoms with E-state index in [0.29, 0.717) is 13.0 Å². The summed E-state index contributed by atoms with van der Waals surface area (Å²) < 4.78 is 0. The summed E-state index contributed by atoms with van der Waals surface area (Å²) in [5, 5.41) is 2.63. The van der Waals surface area contributed by atoms with Gasteiger partial charge in [0.25, 0.3) is 0 Å². The highest BCUT2D eigenvalue weighted by atomic mass is 16.2. The standard InChI is InChI=1S/C13H16N2O2/c1-14-13(17)12(10-6-3-2-4-7-10)15-9-5-8-11(15)16/h2-4,6-7,12H,5,8-9H2,1H3,(H,14,17). The summed E-state index contributed by atoms with van der Waals surface area (Å²) in [6, 6.07) is 8.93. The summed E-state index contributed by atoms with van der Waals surface area (Å²) in [5.41, 5.74) is 0.863. The Bertz CT molecular complexity index is 417. The van der Waals surface area contributed by atoms with Gasteiger partial charge in [-0.05, 0) is 12.0 Å². The average molecular weight is 232 g/mol. The van der Waals surface area contributed by atoms with Crippen LogP contribution in [-0.2, 0) is 9.59 Å². The van der Waals surface area contributed by atoms with E-state index in [4.69, 9.17) is 0 Å². The van der Waals surface area contributed by atoms with E-state index in [1.807, 2.05) is 30.3 Å². The topological polar surface area (TPSA) is 49.4 Å². The van der Waals surface area contributed by atoms with Crippen LogP contribution in [0.15, 0.2) is 30.3 Å². The molecule has 4 heteroatoms. The van der Waals surface area contributed by atoms with Gasteiger partial charge in [-0.2, -0.15) is 0 Å². The van der Waals surface area contributed by atoms with Crippen molar-refractivity contribution in [2.45, 2.75) is 18.9 Å². The van der Waals surface area contributed by atoms with E-state index in [0.717, 1.165) is 12.0 Å². The lowest BCUT2D eigenvalue weighted by Gasteiger charge is -2.26. The van der Waals surface area contributed by atoms with E-state index in [2.05, 4.69) is 5.32 Å². The number of likely N-dealkylation sites (N-methyl/N-ethyl adjacent to an activating group) is 1. The highest BCUT2D eigenvalue weighted by Crippen LogP contribution is 2.25. The van der Waals surface area contributed by atoms with Gasteiger partial charge in [0.1, 0.15) is 6.04 Å². The fourth-order valence-corrected chi connectivity index (χ4v) is 2.19. The number of amides is 2. The molecular weight excluding hydrogens is 216 g/mol. The Morgan fingerprint density at radius 3 is 2.59 bits per heavy atom. The summed E-state index contributed by atoms with van der Waals surface area (Å²) in [7, 11) is 1.60. The van der Waals surface area contributed by atoms with Gasteiger partial charge in [-0.25, -0.2) is 0 Å². The van der Waals surface area contributed by atoms with Crippen molar-refractivity contribution in [1.29, 1.82) is 0 Å². The number of benzene rings is 1. The molecule has 1 fully saturated rings.